The summed E-state index contributed by atoms with van der Waals surface area (Å²) in [4.78, 5) is 19.3. The highest BCUT2D eigenvalue weighted by atomic mass is 16.2. The number of aromatic nitrogens is 4. The summed E-state index contributed by atoms with van der Waals surface area (Å²) in [6, 6.07) is 20.0. The SMILES string of the molecule is CC(C)(C(=O)N1CCN(CCCCCn2nnc(-c3ccccc3)n2)CC1)c1ccccc1. The van der Waals surface area contributed by atoms with Gasteiger partial charge in [0.1, 0.15) is 0 Å². The largest absolute Gasteiger partial charge is 0.339 e. The van der Waals surface area contributed by atoms with E-state index in [-0.39, 0.29) is 5.91 Å². The molecule has 4 rings (SSSR count). The molecule has 1 aliphatic rings. The molecule has 7 nitrogen and oxygen atoms in total. The van der Waals surface area contributed by atoms with Gasteiger partial charge in [-0.2, -0.15) is 4.80 Å². The maximum atomic E-state index is 13.1. The van der Waals surface area contributed by atoms with E-state index in [4.69, 9.17) is 0 Å². The zero-order valence-corrected chi connectivity index (χ0v) is 19.7. The molecule has 0 spiro atoms. The van der Waals surface area contributed by atoms with Crippen LogP contribution in [0.25, 0.3) is 11.4 Å². The van der Waals surface area contributed by atoms with Crippen molar-refractivity contribution in [2.75, 3.05) is 32.7 Å². The number of nitrogens with zero attached hydrogens (tertiary/aromatic N) is 6. The van der Waals surface area contributed by atoms with Gasteiger partial charge in [0, 0.05) is 31.7 Å². The van der Waals surface area contributed by atoms with Gasteiger partial charge in [-0.3, -0.25) is 9.69 Å². The number of piperazine rings is 1. The highest BCUT2D eigenvalue weighted by Crippen LogP contribution is 2.26. The minimum Gasteiger partial charge on any atom is -0.339 e. The molecular formula is C26H34N6O. The Morgan fingerprint density at radius 1 is 0.848 bits per heavy atom. The second-order valence-corrected chi connectivity index (χ2v) is 9.26. The first kappa shape index (κ1) is 23.1. The molecule has 1 amide bonds. The highest BCUT2D eigenvalue weighted by Gasteiger charge is 2.34. The number of unbranched alkanes of at least 4 members (excludes halogenated alkanes) is 2. The van der Waals surface area contributed by atoms with Crippen LogP contribution in [0.4, 0.5) is 0 Å². The van der Waals surface area contributed by atoms with Gasteiger partial charge >= 0.3 is 0 Å². The van der Waals surface area contributed by atoms with Crippen LogP contribution in [-0.2, 0) is 16.8 Å². The second kappa shape index (κ2) is 10.7. The summed E-state index contributed by atoms with van der Waals surface area (Å²) in [7, 11) is 0. The molecule has 2 aromatic carbocycles. The molecule has 3 aromatic rings. The van der Waals surface area contributed by atoms with Gasteiger partial charge in [-0.25, -0.2) is 0 Å². The lowest BCUT2D eigenvalue weighted by Crippen LogP contribution is -2.53. The van der Waals surface area contributed by atoms with Crippen molar-refractivity contribution in [3.8, 4) is 11.4 Å². The van der Waals surface area contributed by atoms with Crippen molar-refractivity contribution in [2.24, 2.45) is 0 Å². The average molecular weight is 447 g/mol. The third-order valence-corrected chi connectivity index (χ3v) is 6.51. The Balaban J connectivity index is 1.14. The van der Waals surface area contributed by atoms with E-state index < -0.39 is 5.41 Å². The van der Waals surface area contributed by atoms with Crippen LogP contribution in [0.3, 0.4) is 0 Å². The molecule has 0 N–H and O–H groups in total. The number of aryl methyl sites for hydroxylation is 1. The van der Waals surface area contributed by atoms with Crippen molar-refractivity contribution in [3.63, 3.8) is 0 Å². The molecule has 174 valence electrons. The number of benzene rings is 2. The Bertz CT molecular complexity index is 1010. The number of amides is 1. The van der Waals surface area contributed by atoms with E-state index in [0.29, 0.717) is 5.82 Å². The van der Waals surface area contributed by atoms with Crippen molar-refractivity contribution in [1.29, 1.82) is 0 Å². The van der Waals surface area contributed by atoms with Crippen LogP contribution in [0.5, 0.6) is 0 Å². The summed E-state index contributed by atoms with van der Waals surface area (Å²) in [5.41, 5.74) is 1.59. The number of tetrazole rings is 1. The monoisotopic (exact) mass is 446 g/mol. The summed E-state index contributed by atoms with van der Waals surface area (Å²) < 4.78 is 0. The van der Waals surface area contributed by atoms with Gasteiger partial charge in [-0.05, 0) is 44.0 Å². The molecular weight excluding hydrogens is 412 g/mol. The first-order chi connectivity index (χ1) is 16.0. The number of carbonyl (C=O) groups is 1. The van der Waals surface area contributed by atoms with Crippen molar-refractivity contribution in [3.05, 3.63) is 66.2 Å². The first-order valence-corrected chi connectivity index (χ1v) is 11.9. The Kier molecular flexibility index (Phi) is 7.50. The van der Waals surface area contributed by atoms with Gasteiger partial charge in [-0.15, -0.1) is 10.2 Å². The average Bonchev–Trinajstić information content (AvgIpc) is 3.34. The lowest BCUT2D eigenvalue weighted by Gasteiger charge is -2.38. The predicted octanol–water partition coefficient (Wildman–Crippen LogP) is 3.63. The summed E-state index contributed by atoms with van der Waals surface area (Å²) in [5.74, 6) is 0.905. The Morgan fingerprint density at radius 2 is 1.48 bits per heavy atom. The van der Waals surface area contributed by atoms with E-state index in [9.17, 15) is 4.79 Å². The highest BCUT2D eigenvalue weighted by molar-refractivity contribution is 5.87. The Morgan fingerprint density at radius 3 is 2.18 bits per heavy atom. The van der Waals surface area contributed by atoms with Crippen LogP contribution < -0.4 is 0 Å². The minimum absolute atomic E-state index is 0.226. The normalized spacial score (nSPS) is 15.0. The van der Waals surface area contributed by atoms with Gasteiger partial charge in [0.25, 0.3) is 0 Å². The number of hydrogen-bond acceptors (Lipinski definition) is 5. The molecule has 0 saturated carbocycles. The van der Waals surface area contributed by atoms with Crippen LogP contribution in [0, 0.1) is 0 Å². The second-order valence-electron chi connectivity index (χ2n) is 9.26. The Hall–Kier alpha value is -3.06. The van der Waals surface area contributed by atoms with Gasteiger partial charge in [-0.1, -0.05) is 67.1 Å². The van der Waals surface area contributed by atoms with E-state index >= 15 is 0 Å². The quantitative estimate of drug-likeness (QED) is 0.470. The lowest BCUT2D eigenvalue weighted by molar-refractivity contribution is -0.138. The van der Waals surface area contributed by atoms with Gasteiger partial charge in [0.05, 0.1) is 12.0 Å². The molecule has 0 radical (unpaired) electrons. The topological polar surface area (TPSA) is 67.2 Å². The fourth-order valence-electron chi connectivity index (χ4n) is 4.35. The number of rotatable bonds is 9. The van der Waals surface area contributed by atoms with Crippen LogP contribution in [-0.4, -0.2) is 68.6 Å². The standard InChI is InChI=1S/C26H34N6O/c1-26(2,23-14-8-4-9-15-23)25(33)31-20-18-30(19-21-31)16-10-5-11-17-32-28-24(27-29-32)22-12-6-3-7-13-22/h3-4,6-9,12-15H,5,10-11,16-21H2,1-2H3. The van der Waals surface area contributed by atoms with Crippen LogP contribution in [0.15, 0.2) is 60.7 Å². The van der Waals surface area contributed by atoms with E-state index in [1.165, 1.54) is 0 Å². The fraction of sp³-hybridized carbons (Fsp3) is 0.462. The smallest absolute Gasteiger partial charge is 0.232 e. The van der Waals surface area contributed by atoms with E-state index in [1.54, 1.807) is 4.80 Å². The van der Waals surface area contributed by atoms with Crippen molar-refractivity contribution >= 4 is 5.91 Å². The molecule has 0 unspecified atom stereocenters. The zero-order valence-electron chi connectivity index (χ0n) is 19.7. The molecule has 0 atom stereocenters. The number of carbonyl (C=O) groups excluding carboxylic acids is 1. The van der Waals surface area contributed by atoms with Crippen LogP contribution in [0.2, 0.25) is 0 Å². The van der Waals surface area contributed by atoms with Gasteiger partial charge in [0.2, 0.25) is 11.7 Å². The van der Waals surface area contributed by atoms with Crippen molar-refractivity contribution < 1.29 is 4.79 Å². The maximum absolute atomic E-state index is 13.1. The molecule has 0 aliphatic carbocycles. The van der Waals surface area contributed by atoms with Gasteiger partial charge < -0.3 is 4.90 Å². The van der Waals surface area contributed by atoms with Crippen LogP contribution in [0.1, 0.15) is 38.7 Å². The first-order valence-electron chi connectivity index (χ1n) is 11.9. The van der Waals surface area contributed by atoms with Crippen LogP contribution >= 0.6 is 0 Å². The van der Waals surface area contributed by atoms with E-state index in [1.807, 2.05) is 79.4 Å². The van der Waals surface area contributed by atoms with Crippen molar-refractivity contribution in [1.82, 2.24) is 30.0 Å². The maximum Gasteiger partial charge on any atom is 0.232 e. The van der Waals surface area contributed by atoms with E-state index in [0.717, 1.165) is 69.7 Å². The summed E-state index contributed by atoms with van der Waals surface area (Å²) >= 11 is 0. The summed E-state index contributed by atoms with van der Waals surface area (Å²) in [6.45, 7) is 9.43. The molecule has 1 aromatic heterocycles. The molecule has 2 heterocycles. The summed E-state index contributed by atoms with van der Waals surface area (Å²) in [5, 5.41) is 12.8. The molecule has 1 aliphatic heterocycles. The molecule has 7 heteroatoms. The molecule has 1 saturated heterocycles. The number of hydrogen-bond donors (Lipinski definition) is 0. The van der Waals surface area contributed by atoms with Crippen molar-refractivity contribution in [2.45, 2.75) is 45.1 Å². The lowest BCUT2D eigenvalue weighted by atomic mass is 9.83. The molecule has 33 heavy (non-hydrogen) atoms. The third-order valence-electron chi connectivity index (χ3n) is 6.51. The zero-order chi connectivity index (χ0) is 23.1. The Labute approximate surface area is 196 Å². The van der Waals surface area contributed by atoms with Gasteiger partial charge in [0.15, 0.2) is 0 Å². The summed E-state index contributed by atoms with van der Waals surface area (Å²) in [6.07, 6.45) is 3.31. The minimum atomic E-state index is -0.487. The molecule has 1 fully saturated rings. The van der Waals surface area contributed by atoms with E-state index in [2.05, 4.69) is 20.3 Å². The fourth-order valence-corrected chi connectivity index (χ4v) is 4.35. The predicted molar refractivity (Wildman–Crippen MR) is 130 cm³/mol. The molecule has 0 bridgehead atoms. The third kappa shape index (κ3) is 5.85.